The van der Waals surface area contributed by atoms with Crippen LogP contribution in [0.5, 0.6) is 0 Å². The van der Waals surface area contributed by atoms with Crippen molar-refractivity contribution in [1.82, 2.24) is 10.3 Å². The van der Waals surface area contributed by atoms with Gasteiger partial charge in [-0.2, -0.15) is 0 Å². The molecule has 136 valence electrons. The van der Waals surface area contributed by atoms with Gasteiger partial charge in [-0.25, -0.2) is 4.39 Å². The van der Waals surface area contributed by atoms with Crippen LogP contribution in [0, 0.1) is 11.7 Å². The summed E-state index contributed by atoms with van der Waals surface area (Å²) in [5, 5.41) is 2.84. The number of pyridine rings is 1. The Kier molecular flexibility index (Phi) is 5.02. The maximum Gasteiger partial charge on any atom is 0.261 e. The number of carbonyl (C=O) groups is 2. The molecule has 2 aromatic rings. The predicted molar refractivity (Wildman–Crippen MR) is 95.8 cm³/mol. The summed E-state index contributed by atoms with van der Waals surface area (Å²) in [7, 11) is 0. The summed E-state index contributed by atoms with van der Waals surface area (Å²) < 4.78 is 13.2. The summed E-state index contributed by atoms with van der Waals surface area (Å²) in [6.45, 7) is 3.85. The first-order valence-corrected chi connectivity index (χ1v) is 8.72. The minimum atomic E-state index is -0.546. The van der Waals surface area contributed by atoms with Gasteiger partial charge in [0.2, 0.25) is 0 Å². The van der Waals surface area contributed by atoms with Gasteiger partial charge < -0.3 is 10.3 Å². The Bertz CT molecular complexity index is 900. The second-order valence-corrected chi connectivity index (χ2v) is 6.93. The number of rotatable bonds is 4. The van der Waals surface area contributed by atoms with Crippen LogP contribution < -0.4 is 10.9 Å². The van der Waals surface area contributed by atoms with E-state index in [2.05, 4.69) is 10.3 Å². The third-order valence-corrected chi connectivity index (χ3v) is 4.68. The second kappa shape index (κ2) is 7.23. The van der Waals surface area contributed by atoms with Crippen LogP contribution in [-0.2, 0) is 6.42 Å². The summed E-state index contributed by atoms with van der Waals surface area (Å²) in [5.41, 5.74) is 1.19. The van der Waals surface area contributed by atoms with E-state index in [9.17, 15) is 18.8 Å². The zero-order chi connectivity index (χ0) is 18.8. The summed E-state index contributed by atoms with van der Waals surface area (Å²) in [4.78, 5) is 39.7. The van der Waals surface area contributed by atoms with E-state index in [0.29, 0.717) is 30.5 Å². The fourth-order valence-electron chi connectivity index (χ4n) is 3.27. The first-order chi connectivity index (χ1) is 12.4. The maximum atomic E-state index is 13.2. The molecule has 6 heteroatoms. The molecule has 0 fully saturated rings. The van der Waals surface area contributed by atoms with Crippen LogP contribution in [0.4, 0.5) is 4.39 Å². The lowest BCUT2D eigenvalue weighted by Gasteiger charge is -2.23. The molecule has 1 aliphatic carbocycles. The lowest BCUT2D eigenvalue weighted by Crippen LogP contribution is -2.36. The van der Waals surface area contributed by atoms with Crippen molar-refractivity contribution in [2.24, 2.45) is 5.92 Å². The van der Waals surface area contributed by atoms with Crippen molar-refractivity contribution < 1.29 is 14.0 Å². The molecule has 1 atom stereocenters. The standard InChI is InChI=1S/C20H21FN2O3/c1-11(2)18(12-6-8-13(21)9-7-12)23-20(26)15-10-14-16(22-19(15)25)4-3-5-17(14)24/h6-11,18H,3-5H2,1-2H3,(H,22,25)(H,23,26)/t18-/m0/s1. The fourth-order valence-corrected chi connectivity index (χ4v) is 3.27. The molecule has 2 N–H and O–H groups in total. The van der Waals surface area contributed by atoms with E-state index < -0.39 is 11.5 Å². The van der Waals surface area contributed by atoms with Gasteiger partial charge in [0, 0.05) is 17.7 Å². The average molecular weight is 356 g/mol. The van der Waals surface area contributed by atoms with E-state index in [-0.39, 0.29) is 29.1 Å². The number of hydrogen-bond donors (Lipinski definition) is 2. The topological polar surface area (TPSA) is 79.0 Å². The van der Waals surface area contributed by atoms with E-state index in [0.717, 1.165) is 5.56 Å². The number of aromatic amines is 1. The molecule has 5 nitrogen and oxygen atoms in total. The molecular weight excluding hydrogens is 335 g/mol. The van der Waals surface area contributed by atoms with Crippen LogP contribution in [0.25, 0.3) is 0 Å². The van der Waals surface area contributed by atoms with Crippen LogP contribution in [0.2, 0.25) is 0 Å². The Balaban J connectivity index is 1.91. The molecule has 0 saturated carbocycles. The van der Waals surface area contributed by atoms with E-state index in [4.69, 9.17) is 0 Å². The van der Waals surface area contributed by atoms with Crippen molar-refractivity contribution in [3.05, 3.63) is 68.9 Å². The van der Waals surface area contributed by atoms with Gasteiger partial charge in [0.1, 0.15) is 11.4 Å². The molecule has 1 heterocycles. The highest BCUT2D eigenvalue weighted by Crippen LogP contribution is 2.23. The minimum absolute atomic E-state index is 0.0303. The number of aromatic nitrogens is 1. The average Bonchev–Trinajstić information content (AvgIpc) is 2.60. The lowest BCUT2D eigenvalue weighted by molar-refractivity contribution is 0.0924. The number of Topliss-reactive ketones (excluding diaryl/α,β-unsaturated/α-hetero) is 1. The Morgan fingerprint density at radius 3 is 2.50 bits per heavy atom. The normalized spacial score (nSPS) is 14.8. The third-order valence-electron chi connectivity index (χ3n) is 4.68. The van der Waals surface area contributed by atoms with Crippen molar-refractivity contribution in [3.8, 4) is 0 Å². The van der Waals surface area contributed by atoms with Gasteiger partial charge in [-0.05, 0) is 42.5 Å². The molecule has 1 aliphatic rings. The van der Waals surface area contributed by atoms with Gasteiger partial charge in [0.15, 0.2) is 5.78 Å². The van der Waals surface area contributed by atoms with Gasteiger partial charge in [-0.1, -0.05) is 26.0 Å². The summed E-state index contributed by atoms with van der Waals surface area (Å²) in [6.07, 6.45) is 1.75. The number of nitrogens with one attached hydrogen (secondary N) is 2. The zero-order valence-corrected chi connectivity index (χ0v) is 14.8. The summed E-state index contributed by atoms with van der Waals surface area (Å²) in [5.74, 6) is -0.930. The van der Waals surface area contributed by atoms with Gasteiger partial charge in [0.05, 0.1) is 6.04 Å². The highest BCUT2D eigenvalue weighted by molar-refractivity contribution is 6.01. The number of ketones is 1. The lowest BCUT2D eigenvalue weighted by atomic mass is 9.93. The van der Waals surface area contributed by atoms with Crippen molar-refractivity contribution in [1.29, 1.82) is 0 Å². The Labute approximate surface area is 150 Å². The fraction of sp³-hybridized carbons (Fsp3) is 0.350. The quantitative estimate of drug-likeness (QED) is 0.883. The first-order valence-electron chi connectivity index (χ1n) is 8.72. The first kappa shape index (κ1) is 18.0. The third kappa shape index (κ3) is 3.59. The molecule has 3 rings (SSSR count). The Morgan fingerprint density at radius 2 is 1.85 bits per heavy atom. The van der Waals surface area contributed by atoms with Crippen molar-refractivity contribution in [2.45, 2.75) is 39.2 Å². The van der Waals surface area contributed by atoms with Gasteiger partial charge >= 0.3 is 0 Å². The van der Waals surface area contributed by atoms with Crippen molar-refractivity contribution in [2.75, 3.05) is 0 Å². The number of hydrogen-bond acceptors (Lipinski definition) is 3. The molecule has 1 aromatic heterocycles. The van der Waals surface area contributed by atoms with E-state index in [1.165, 1.54) is 18.2 Å². The number of benzene rings is 1. The van der Waals surface area contributed by atoms with Crippen LogP contribution in [0.15, 0.2) is 35.1 Å². The van der Waals surface area contributed by atoms with Crippen molar-refractivity contribution in [3.63, 3.8) is 0 Å². The molecular formula is C20H21FN2O3. The molecule has 1 amide bonds. The molecule has 0 unspecified atom stereocenters. The molecule has 0 bridgehead atoms. The predicted octanol–water partition coefficient (Wildman–Crippen LogP) is 3.16. The number of carbonyl (C=O) groups excluding carboxylic acids is 2. The van der Waals surface area contributed by atoms with Crippen LogP contribution in [0.3, 0.4) is 0 Å². The van der Waals surface area contributed by atoms with Gasteiger partial charge in [0.25, 0.3) is 11.5 Å². The molecule has 0 spiro atoms. The Hall–Kier alpha value is -2.76. The number of fused-ring (bicyclic) bond motifs is 1. The number of H-pyrrole nitrogens is 1. The molecule has 0 aliphatic heterocycles. The molecule has 1 aromatic carbocycles. The van der Waals surface area contributed by atoms with Crippen LogP contribution in [0.1, 0.15) is 64.7 Å². The molecule has 0 saturated heterocycles. The highest BCUT2D eigenvalue weighted by atomic mass is 19.1. The van der Waals surface area contributed by atoms with Crippen molar-refractivity contribution >= 4 is 11.7 Å². The number of aryl methyl sites for hydroxylation is 1. The van der Waals surface area contributed by atoms with E-state index in [1.807, 2.05) is 13.8 Å². The number of halogens is 1. The molecule has 26 heavy (non-hydrogen) atoms. The minimum Gasteiger partial charge on any atom is -0.345 e. The maximum absolute atomic E-state index is 13.2. The van der Waals surface area contributed by atoms with Crippen LogP contribution in [-0.4, -0.2) is 16.7 Å². The SMILES string of the molecule is CC(C)[C@H](NC(=O)c1cc2c([nH]c1=O)CCCC2=O)c1ccc(F)cc1. The van der Waals surface area contributed by atoms with Gasteiger partial charge in [-0.3, -0.25) is 14.4 Å². The van der Waals surface area contributed by atoms with E-state index in [1.54, 1.807) is 12.1 Å². The zero-order valence-electron chi connectivity index (χ0n) is 14.8. The Morgan fingerprint density at radius 1 is 1.15 bits per heavy atom. The molecule has 0 radical (unpaired) electrons. The summed E-state index contributed by atoms with van der Waals surface area (Å²) >= 11 is 0. The largest absolute Gasteiger partial charge is 0.345 e. The van der Waals surface area contributed by atoms with Crippen LogP contribution >= 0.6 is 0 Å². The van der Waals surface area contributed by atoms with E-state index >= 15 is 0 Å². The second-order valence-electron chi connectivity index (χ2n) is 6.93. The number of amides is 1. The summed E-state index contributed by atoms with van der Waals surface area (Å²) in [6, 6.07) is 6.91. The van der Waals surface area contributed by atoms with Gasteiger partial charge in [-0.15, -0.1) is 0 Å². The smallest absolute Gasteiger partial charge is 0.261 e. The monoisotopic (exact) mass is 356 g/mol. The highest BCUT2D eigenvalue weighted by Gasteiger charge is 2.24.